The molecule has 3 heterocycles. The molecule has 0 fully saturated rings. The molecule has 0 radical (unpaired) electrons. The number of rotatable bonds is 7. The lowest BCUT2D eigenvalue weighted by Gasteiger charge is -2.18. The van der Waals surface area contributed by atoms with Crippen LogP contribution in [0.1, 0.15) is 18.9 Å². The lowest BCUT2D eigenvalue weighted by atomic mass is 10.1. The van der Waals surface area contributed by atoms with Crippen LogP contribution in [0.5, 0.6) is 17.2 Å². The van der Waals surface area contributed by atoms with Crippen LogP contribution in [0, 0.1) is 0 Å². The van der Waals surface area contributed by atoms with E-state index in [1.54, 1.807) is 6.07 Å². The second-order valence-electron chi connectivity index (χ2n) is 9.28. The number of aromatic amines is 1. The smallest absolute Gasteiger partial charge is 0.300 e. The van der Waals surface area contributed by atoms with Gasteiger partial charge in [0.05, 0.1) is 16.6 Å². The summed E-state index contributed by atoms with van der Waals surface area (Å²) in [6, 6.07) is 19.5. The molecule has 40 heavy (non-hydrogen) atoms. The summed E-state index contributed by atoms with van der Waals surface area (Å²) in [6.07, 6.45) is 2.78. The van der Waals surface area contributed by atoms with Gasteiger partial charge in [-0.2, -0.15) is 0 Å². The monoisotopic (exact) mass is 542 g/mol. The summed E-state index contributed by atoms with van der Waals surface area (Å²) >= 11 is 0. The van der Waals surface area contributed by atoms with Crippen LogP contribution in [0.2, 0.25) is 0 Å². The molecule has 3 aromatic carbocycles. The molecule has 6 rings (SSSR count). The molecule has 0 saturated carbocycles. The number of nitrogens with one attached hydrogen (secondary N) is 1. The molecule has 5 aromatic rings. The van der Waals surface area contributed by atoms with Gasteiger partial charge in [-0.15, -0.1) is 0 Å². The van der Waals surface area contributed by atoms with Gasteiger partial charge in [-0.1, -0.05) is 30.3 Å². The van der Waals surface area contributed by atoms with Crippen molar-refractivity contribution in [1.82, 2.24) is 14.5 Å². The summed E-state index contributed by atoms with van der Waals surface area (Å²) in [6.45, 7) is 3.82. The van der Waals surface area contributed by atoms with Crippen molar-refractivity contribution in [2.45, 2.75) is 26.5 Å². The van der Waals surface area contributed by atoms with Gasteiger partial charge in [0.25, 0.3) is 11.5 Å². The third-order valence-electron chi connectivity index (χ3n) is 6.32. The van der Waals surface area contributed by atoms with Gasteiger partial charge in [-0.3, -0.25) is 9.59 Å². The van der Waals surface area contributed by atoms with E-state index in [-0.39, 0.29) is 5.56 Å². The first-order valence-electron chi connectivity index (χ1n) is 13.0. The molecule has 10 heteroatoms. The normalized spacial score (nSPS) is 12.2. The Morgan fingerprint density at radius 3 is 2.55 bits per heavy atom. The summed E-state index contributed by atoms with van der Waals surface area (Å²) in [7, 11) is 0. The maximum absolute atomic E-state index is 13.2. The molecule has 1 aliphatic heterocycles. The van der Waals surface area contributed by atoms with Gasteiger partial charge in [0, 0.05) is 48.8 Å². The topological polar surface area (TPSA) is 142 Å². The Morgan fingerprint density at radius 1 is 1.10 bits per heavy atom. The minimum Gasteiger partial charge on any atom is -0.489 e. The minimum atomic E-state index is -0.833. The Labute approximate surface area is 229 Å². The van der Waals surface area contributed by atoms with Crippen LogP contribution in [-0.2, 0) is 17.9 Å². The van der Waals surface area contributed by atoms with Gasteiger partial charge in [-0.05, 0) is 30.7 Å². The first-order chi connectivity index (χ1) is 19.4. The predicted octanol–water partition coefficient (Wildman–Crippen LogP) is 4.33. The maximum atomic E-state index is 13.2. The van der Waals surface area contributed by atoms with Crippen LogP contribution in [0.4, 0.5) is 0 Å². The van der Waals surface area contributed by atoms with Crippen LogP contribution in [0.25, 0.3) is 33.2 Å². The third kappa shape index (κ3) is 5.92. The van der Waals surface area contributed by atoms with E-state index in [0.717, 1.165) is 47.7 Å². The van der Waals surface area contributed by atoms with Gasteiger partial charge >= 0.3 is 0 Å². The Kier molecular flexibility index (Phi) is 7.97. The quantitative estimate of drug-likeness (QED) is 0.276. The molecule has 0 atom stereocenters. The van der Waals surface area contributed by atoms with Gasteiger partial charge in [0.15, 0.2) is 11.5 Å². The molecule has 206 valence electrons. The minimum absolute atomic E-state index is 0.263. The van der Waals surface area contributed by atoms with E-state index < -0.39 is 5.97 Å². The Bertz CT molecular complexity index is 1710. The van der Waals surface area contributed by atoms with E-state index in [1.165, 1.54) is 0 Å². The van der Waals surface area contributed by atoms with Crippen LogP contribution in [-0.4, -0.2) is 45.4 Å². The zero-order valence-corrected chi connectivity index (χ0v) is 22.1. The number of carbonyl (C=O) groups is 1. The van der Waals surface area contributed by atoms with E-state index in [4.69, 9.17) is 34.8 Å². The molecule has 0 saturated heterocycles. The Hall–Kier alpha value is -4.83. The second kappa shape index (κ2) is 11.9. The van der Waals surface area contributed by atoms with Crippen LogP contribution >= 0.6 is 0 Å². The fourth-order valence-electron chi connectivity index (χ4n) is 4.54. The van der Waals surface area contributed by atoms with Gasteiger partial charge in [-0.25, -0.2) is 4.98 Å². The Balaban J connectivity index is 0.000000758. The lowest BCUT2D eigenvalue weighted by molar-refractivity contribution is -0.134. The number of hydrogen-bond acceptors (Lipinski definition) is 7. The number of ether oxygens (including phenoxy) is 3. The fraction of sp³-hybridized carbons (Fsp3) is 0.233. The molecule has 4 N–H and O–H groups in total. The molecule has 0 spiro atoms. The van der Waals surface area contributed by atoms with Gasteiger partial charge in [0.1, 0.15) is 31.3 Å². The number of carboxylic acid groups (broad SMARTS) is 1. The van der Waals surface area contributed by atoms with Crippen LogP contribution in [0.3, 0.4) is 0 Å². The van der Waals surface area contributed by atoms with E-state index >= 15 is 0 Å². The van der Waals surface area contributed by atoms with Crippen LogP contribution in [0.15, 0.2) is 71.7 Å². The van der Waals surface area contributed by atoms with E-state index in [0.29, 0.717) is 54.6 Å². The summed E-state index contributed by atoms with van der Waals surface area (Å²) in [5, 5.41) is 8.34. The molecule has 0 unspecified atom stereocenters. The number of aliphatic carboxylic acids is 1. The maximum Gasteiger partial charge on any atom is 0.300 e. The highest BCUT2D eigenvalue weighted by molar-refractivity contribution is 5.96. The zero-order valence-electron chi connectivity index (χ0n) is 22.1. The number of hydrogen-bond donors (Lipinski definition) is 3. The van der Waals surface area contributed by atoms with Crippen molar-refractivity contribution in [3.05, 3.63) is 82.8 Å². The highest BCUT2D eigenvalue weighted by Gasteiger charge is 2.19. The SMILES string of the molecule is CC(=O)O.NCCCn1cc(-c2nc3cc4c(cc3[nH]c2=O)OCCO4)c2ccc(OCc3ccccc3)cc21. The number of fused-ring (bicyclic) bond motifs is 3. The average Bonchev–Trinajstić information content (AvgIpc) is 3.31. The van der Waals surface area contributed by atoms with E-state index in [2.05, 4.69) is 9.55 Å². The highest BCUT2D eigenvalue weighted by Crippen LogP contribution is 2.35. The highest BCUT2D eigenvalue weighted by atomic mass is 16.6. The number of H-pyrrole nitrogens is 1. The van der Waals surface area contributed by atoms with Crippen molar-refractivity contribution < 1.29 is 24.1 Å². The Morgan fingerprint density at radius 2 is 1.82 bits per heavy atom. The first kappa shape index (κ1) is 26.8. The number of nitrogens with zero attached hydrogens (tertiary/aromatic N) is 2. The standard InChI is InChI=1S/C28H26N4O4.C2H4O2/c29-9-4-10-32-16-21(20-8-7-19(13-24(20)32)36-17-18-5-2-1-3-6-18)27-28(33)31-23-15-26-25(14-22(23)30-27)34-11-12-35-26;1-2(3)4/h1-3,5-8,13-16H,4,9-12,17,29H2,(H,31,33);1H3,(H,3,4). The summed E-state index contributed by atoms with van der Waals surface area (Å²) in [5.41, 5.74) is 9.96. The number of aromatic nitrogens is 3. The van der Waals surface area contributed by atoms with E-state index in [1.807, 2.05) is 60.8 Å². The summed E-state index contributed by atoms with van der Waals surface area (Å²) in [5.74, 6) is 1.17. The van der Waals surface area contributed by atoms with Crippen molar-refractivity contribution in [2.24, 2.45) is 5.73 Å². The van der Waals surface area contributed by atoms with Crippen LogP contribution < -0.4 is 25.5 Å². The number of carboxylic acids is 1. The summed E-state index contributed by atoms with van der Waals surface area (Å²) in [4.78, 5) is 29.9. The largest absolute Gasteiger partial charge is 0.489 e. The number of nitrogens with two attached hydrogens (primary N) is 1. The number of benzene rings is 3. The second-order valence-corrected chi connectivity index (χ2v) is 9.28. The fourth-order valence-corrected chi connectivity index (χ4v) is 4.54. The van der Waals surface area contributed by atoms with Crippen molar-refractivity contribution in [3.63, 3.8) is 0 Å². The summed E-state index contributed by atoms with van der Waals surface area (Å²) < 4.78 is 19.5. The molecule has 10 nitrogen and oxygen atoms in total. The average molecular weight is 543 g/mol. The molecular weight excluding hydrogens is 512 g/mol. The van der Waals surface area contributed by atoms with Gasteiger partial charge < -0.3 is 34.6 Å². The first-order valence-corrected chi connectivity index (χ1v) is 13.0. The van der Waals surface area contributed by atoms with Crippen molar-refractivity contribution >= 4 is 27.9 Å². The molecular formula is C30H30N4O6. The molecule has 0 bridgehead atoms. The number of aryl methyl sites for hydroxylation is 1. The molecule has 0 amide bonds. The lowest BCUT2D eigenvalue weighted by Crippen LogP contribution is -2.16. The van der Waals surface area contributed by atoms with Gasteiger partial charge in [0.2, 0.25) is 0 Å². The molecule has 0 aliphatic carbocycles. The molecule has 2 aromatic heterocycles. The third-order valence-corrected chi connectivity index (χ3v) is 6.32. The van der Waals surface area contributed by atoms with E-state index in [9.17, 15) is 4.79 Å². The molecule has 1 aliphatic rings. The zero-order chi connectivity index (χ0) is 28.1. The van der Waals surface area contributed by atoms with Crippen molar-refractivity contribution in [2.75, 3.05) is 19.8 Å². The van der Waals surface area contributed by atoms with Crippen molar-refractivity contribution in [3.8, 4) is 28.5 Å². The predicted molar refractivity (Wildman–Crippen MR) is 152 cm³/mol. The van der Waals surface area contributed by atoms with Crippen molar-refractivity contribution in [1.29, 1.82) is 0 Å².